The van der Waals surface area contributed by atoms with Crippen molar-refractivity contribution in [2.24, 2.45) is 0 Å². The Morgan fingerprint density at radius 3 is 2.36 bits per heavy atom. The van der Waals surface area contributed by atoms with E-state index < -0.39 is 0 Å². The third-order valence-electron chi connectivity index (χ3n) is 3.38. The minimum atomic E-state index is -0.200. The van der Waals surface area contributed by atoms with Gasteiger partial charge in [-0.2, -0.15) is 0 Å². The second kappa shape index (κ2) is 9.11. The number of hydrogen-bond acceptors (Lipinski definition) is 3. The lowest BCUT2D eigenvalue weighted by Crippen LogP contribution is -2.15. The van der Waals surface area contributed by atoms with Crippen LogP contribution in [0.3, 0.4) is 0 Å². The molecule has 1 aromatic rings. The molecule has 0 fully saturated rings. The molecule has 120 valence electrons. The Labute approximate surface area is 133 Å². The molecule has 0 saturated heterocycles. The standard InChI is InChI=1S/C19H26O3/c1-7-14(2)12-18(21-6)19(16(4)20-5)22-13-17-10-8-15(3)9-11-17/h7-12,16H,1,13H2,2-6H3/b14-12-,19-18-. The number of aryl methyl sites for hydroxylation is 1. The van der Waals surface area contributed by atoms with Crippen LogP contribution in [-0.2, 0) is 20.8 Å². The molecule has 1 rings (SSSR count). The van der Waals surface area contributed by atoms with Gasteiger partial charge in [0.05, 0.1) is 7.11 Å². The summed E-state index contributed by atoms with van der Waals surface area (Å²) in [5.41, 5.74) is 3.33. The van der Waals surface area contributed by atoms with Crippen LogP contribution in [0.1, 0.15) is 25.0 Å². The highest BCUT2D eigenvalue weighted by Gasteiger charge is 2.16. The molecule has 0 aliphatic heterocycles. The van der Waals surface area contributed by atoms with E-state index in [9.17, 15) is 0 Å². The molecule has 1 aromatic carbocycles. The van der Waals surface area contributed by atoms with Crippen molar-refractivity contribution in [3.8, 4) is 0 Å². The number of rotatable bonds is 8. The van der Waals surface area contributed by atoms with E-state index in [0.29, 0.717) is 18.1 Å². The molecule has 3 heteroatoms. The van der Waals surface area contributed by atoms with Crippen molar-refractivity contribution in [1.82, 2.24) is 0 Å². The first-order valence-electron chi connectivity index (χ1n) is 7.31. The first-order valence-corrected chi connectivity index (χ1v) is 7.31. The van der Waals surface area contributed by atoms with Gasteiger partial charge in [0, 0.05) is 7.11 Å². The Balaban J connectivity index is 3.01. The summed E-state index contributed by atoms with van der Waals surface area (Å²) in [4.78, 5) is 0. The maximum Gasteiger partial charge on any atom is 0.167 e. The predicted molar refractivity (Wildman–Crippen MR) is 90.4 cm³/mol. The Hall–Kier alpha value is -2.00. The van der Waals surface area contributed by atoms with Crippen LogP contribution in [0.2, 0.25) is 0 Å². The van der Waals surface area contributed by atoms with Crippen molar-refractivity contribution in [3.63, 3.8) is 0 Å². The largest absolute Gasteiger partial charge is 0.493 e. The smallest absolute Gasteiger partial charge is 0.167 e. The minimum Gasteiger partial charge on any atom is -0.493 e. The molecule has 3 nitrogen and oxygen atoms in total. The first-order chi connectivity index (χ1) is 10.5. The molecular weight excluding hydrogens is 276 g/mol. The second-order valence-corrected chi connectivity index (χ2v) is 5.18. The average molecular weight is 302 g/mol. The van der Waals surface area contributed by atoms with Gasteiger partial charge in [-0.25, -0.2) is 0 Å². The molecule has 0 aliphatic rings. The van der Waals surface area contributed by atoms with Gasteiger partial charge in [-0.1, -0.05) is 42.5 Å². The maximum absolute atomic E-state index is 5.97. The number of hydrogen-bond donors (Lipinski definition) is 0. The highest BCUT2D eigenvalue weighted by Crippen LogP contribution is 2.19. The van der Waals surface area contributed by atoms with Crippen molar-refractivity contribution in [1.29, 1.82) is 0 Å². The third kappa shape index (κ3) is 5.41. The van der Waals surface area contributed by atoms with E-state index in [4.69, 9.17) is 14.2 Å². The van der Waals surface area contributed by atoms with Crippen molar-refractivity contribution >= 4 is 0 Å². The van der Waals surface area contributed by atoms with E-state index >= 15 is 0 Å². The van der Waals surface area contributed by atoms with Gasteiger partial charge in [0.2, 0.25) is 0 Å². The lowest BCUT2D eigenvalue weighted by molar-refractivity contribution is 0.0570. The summed E-state index contributed by atoms with van der Waals surface area (Å²) in [6, 6.07) is 8.26. The third-order valence-corrected chi connectivity index (χ3v) is 3.38. The number of allylic oxidation sites excluding steroid dienone is 3. The van der Waals surface area contributed by atoms with Crippen LogP contribution in [0, 0.1) is 6.92 Å². The Morgan fingerprint density at radius 2 is 1.86 bits per heavy atom. The van der Waals surface area contributed by atoms with Gasteiger partial charge in [-0.05, 0) is 38.0 Å². The zero-order chi connectivity index (χ0) is 16.5. The van der Waals surface area contributed by atoms with Gasteiger partial charge >= 0.3 is 0 Å². The fraction of sp³-hybridized carbons (Fsp3) is 0.368. The Kier molecular flexibility index (Phi) is 7.47. The van der Waals surface area contributed by atoms with Gasteiger partial charge < -0.3 is 14.2 Å². The van der Waals surface area contributed by atoms with Crippen LogP contribution in [-0.4, -0.2) is 20.3 Å². The summed E-state index contributed by atoms with van der Waals surface area (Å²) < 4.78 is 16.8. The Bertz CT molecular complexity index is 538. The van der Waals surface area contributed by atoms with Gasteiger partial charge in [-0.15, -0.1) is 0 Å². The molecule has 0 radical (unpaired) electrons. The van der Waals surface area contributed by atoms with E-state index in [1.807, 2.05) is 19.9 Å². The molecule has 0 N–H and O–H groups in total. The van der Waals surface area contributed by atoms with E-state index in [2.05, 4.69) is 37.8 Å². The van der Waals surface area contributed by atoms with E-state index in [1.165, 1.54) is 5.56 Å². The van der Waals surface area contributed by atoms with Crippen LogP contribution in [0.5, 0.6) is 0 Å². The summed E-state index contributed by atoms with van der Waals surface area (Å²) in [5.74, 6) is 1.32. The predicted octanol–water partition coefficient (Wildman–Crippen LogP) is 4.54. The molecular formula is C19H26O3. The second-order valence-electron chi connectivity index (χ2n) is 5.18. The summed E-state index contributed by atoms with van der Waals surface area (Å²) in [6.45, 7) is 10.2. The Morgan fingerprint density at radius 1 is 1.23 bits per heavy atom. The minimum absolute atomic E-state index is 0.200. The van der Waals surface area contributed by atoms with Crippen LogP contribution in [0.4, 0.5) is 0 Å². The highest BCUT2D eigenvalue weighted by molar-refractivity contribution is 5.28. The van der Waals surface area contributed by atoms with E-state index in [-0.39, 0.29) is 6.10 Å². The molecule has 0 amide bonds. The highest BCUT2D eigenvalue weighted by atomic mass is 16.5. The molecule has 0 bridgehead atoms. The lowest BCUT2D eigenvalue weighted by atomic mass is 10.1. The van der Waals surface area contributed by atoms with E-state index in [1.54, 1.807) is 20.3 Å². The molecule has 1 atom stereocenters. The monoisotopic (exact) mass is 302 g/mol. The SMILES string of the molecule is C=C/C(C)=C\C(OC)=C(\OCc1ccc(C)cc1)C(C)OC. The number of ether oxygens (including phenoxy) is 3. The zero-order valence-electron chi connectivity index (χ0n) is 14.2. The summed E-state index contributed by atoms with van der Waals surface area (Å²) >= 11 is 0. The molecule has 0 aliphatic carbocycles. The van der Waals surface area contributed by atoms with Crippen LogP contribution in [0.15, 0.2) is 60.1 Å². The molecule has 1 unspecified atom stereocenters. The molecule has 0 heterocycles. The normalized spacial score (nSPS) is 14.1. The van der Waals surface area contributed by atoms with Gasteiger partial charge in [0.15, 0.2) is 11.5 Å². The van der Waals surface area contributed by atoms with Gasteiger partial charge in [0.1, 0.15) is 12.7 Å². The topological polar surface area (TPSA) is 27.7 Å². The van der Waals surface area contributed by atoms with Crippen molar-refractivity contribution < 1.29 is 14.2 Å². The van der Waals surface area contributed by atoms with Crippen LogP contribution >= 0.6 is 0 Å². The quantitative estimate of drug-likeness (QED) is 0.521. The number of benzene rings is 1. The summed E-state index contributed by atoms with van der Waals surface area (Å²) in [7, 11) is 3.27. The lowest BCUT2D eigenvalue weighted by Gasteiger charge is -2.19. The van der Waals surface area contributed by atoms with E-state index in [0.717, 1.165) is 11.1 Å². The van der Waals surface area contributed by atoms with Crippen molar-refractivity contribution in [2.45, 2.75) is 33.5 Å². The molecule has 0 saturated carbocycles. The van der Waals surface area contributed by atoms with Crippen LogP contribution in [0.25, 0.3) is 0 Å². The fourth-order valence-corrected chi connectivity index (χ4v) is 1.84. The van der Waals surface area contributed by atoms with Gasteiger partial charge in [-0.3, -0.25) is 0 Å². The average Bonchev–Trinajstić information content (AvgIpc) is 2.54. The van der Waals surface area contributed by atoms with Gasteiger partial charge in [0.25, 0.3) is 0 Å². The maximum atomic E-state index is 5.97. The zero-order valence-corrected chi connectivity index (χ0v) is 14.2. The molecule has 0 aromatic heterocycles. The van der Waals surface area contributed by atoms with Crippen LogP contribution < -0.4 is 0 Å². The fourth-order valence-electron chi connectivity index (χ4n) is 1.84. The summed E-state index contributed by atoms with van der Waals surface area (Å²) in [5, 5.41) is 0. The molecule has 0 spiro atoms. The summed E-state index contributed by atoms with van der Waals surface area (Å²) in [6.07, 6.45) is 3.47. The molecule has 22 heavy (non-hydrogen) atoms. The first kappa shape index (κ1) is 18.1. The van der Waals surface area contributed by atoms with Crippen molar-refractivity contribution in [3.05, 3.63) is 71.2 Å². The number of methoxy groups -OCH3 is 2. The van der Waals surface area contributed by atoms with Crippen molar-refractivity contribution in [2.75, 3.05) is 14.2 Å².